The molecule has 1 aromatic rings. The first-order valence-electron chi connectivity index (χ1n) is 6.08. The number of likely N-dealkylation sites (tertiary alicyclic amines) is 1. The Morgan fingerprint density at radius 1 is 1.28 bits per heavy atom. The Kier molecular flexibility index (Phi) is 3.82. The van der Waals surface area contributed by atoms with E-state index in [1.807, 2.05) is 0 Å². The Morgan fingerprint density at radius 2 is 2.00 bits per heavy atom. The van der Waals surface area contributed by atoms with E-state index in [2.05, 4.69) is 5.32 Å². The van der Waals surface area contributed by atoms with Crippen molar-refractivity contribution >= 4 is 17.5 Å². The molecular weight excluding hydrogens is 230 g/mol. The second-order valence-corrected chi connectivity index (χ2v) is 4.40. The first-order chi connectivity index (χ1) is 8.66. The number of carbonyl (C=O) groups excluding carboxylic acids is 2. The molecule has 0 bridgehead atoms. The fraction of sp³-hybridized carbons (Fsp3) is 0.385. The summed E-state index contributed by atoms with van der Waals surface area (Å²) in [5, 5.41) is 2.62. The number of nitrogens with two attached hydrogens (primary N) is 1. The molecule has 0 saturated carbocycles. The maximum absolute atomic E-state index is 11.8. The number of hydrogen-bond donors (Lipinski definition) is 2. The summed E-state index contributed by atoms with van der Waals surface area (Å²) in [6, 6.07) is 6.69. The van der Waals surface area contributed by atoms with Gasteiger partial charge in [0.05, 0.1) is 6.54 Å². The number of nitrogen functional groups attached to an aromatic ring is 1. The molecule has 96 valence electrons. The highest BCUT2D eigenvalue weighted by Crippen LogP contribution is 2.08. The molecule has 0 unspecified atom stereocenters. The second-order valence-electron chi connectivity index (χ2n) is 4.40. The fourth-order valence-electron chi connectivity index (χ4n) is 2.02. The average molecular weight is 247 g/mol. The van der Waals surface area contributed by atoms with E-state index in [0.29, 0.717) is 11.3 Å². The van der Waals surface area contributed by atoms with Crippen LogP contribution in [0.2, 0.25) is 0 Å². The number of amides is 2. The molecule has 2 rings (SSSR count). The van der Waals surface area contributed by atoms with Crippen LogP contribution in [-0.4, -0.2) is 36.3 Å². The minimum atomic E-state index is -0.269. The van der Waals surface area contributed by atoms with Gasteiger partial charge in [-0.3, -0.25) is 9.59 Å². The summed E-state index contributed by atoms with van der Waals surface area (Å²) in [5.41, 5.74) is 6.61. The lowest BCUT2D eigenvalue weighted by Gasteiger charge is -2.15. The molecule has 1 aromatic carbocycles. The quantitative estimate of drug-likeness (QED) is 0.769. The molecule has 0 radical (unpaired) electrons. The number of nitrogens with zero attached hydrogens (tertiary/aromatic N) is 1. The van der Waals surface area contributed by atoms with Gasteiger partial charge in [-0.05, 0) is 31.0 Å². The highest BCUT2D eigenvalue weighted by atomic mass is 16.2. The number of anilines is 1. The minimum Gasteiger partial charge on any atom is -0.399 e. The fourth-order valence-corrected chi connectivity index (χ4v) is 2.02. The van der Waals surface area contributed by atoms with Crippen molar-refractivity contribution in [2.45, 2.75) is 12.8 Å². The Balaban J connectivity index is 1.86. The molecule has 1 aliphatic rings. The SMILES string of the molecule is Nc1cccc(C(=O)NCC(=O)N2CCCC2)c1. The molecule has 3 N–H and O–H groups in total. The van der Waals surface area contributed by atoms with E-state index in [1.165, 1.54) is 0 Å². The summed E-state index contributed by atoms with van der Waals surface area (Å²) >= 11 is 0. The van der Waals surface area contributed by atoms with Crippen molar-refractivity contribution in [3.8, 4) is 0 Å². The van der Waals surface area contributed by atoms with E-state index in [1.54, 1.807) is 29.2 Å². The van der Waals surface area contributed by atoms with Gasteiger partial charge in [-0.25, -0.2) is 0 Å². The van der Waals surface area contributed by atoms with Gasteiger partial charge in [-0.1, -0.05) is 6.07 Å². The lowest BCUT2D eigenvalue weighted by atomic mass is 10.2. The lowest BCUT2D eigenvalue weighted by Crippen LogP contribution is -2.38. The third kappa shape index (κ3) is 3.00. The van der Waals surface area contributed by atoms with Crippen molar-refractivity contribution < 1.29 is 9.59 Å². The molecule has 0 aliphatic carbocycles. The van der Waals surface area contributed by atoms with Gasteiger partial charge in [0, 0.05) is 24.3 Å². The van der Waals surface area contributed by atoms with Gasteiger partial charge in [0.15, 0.2) is 0 Å². The van der Waals surface area contributed by atoms with Crippen LogP contribution < -0.4 is 11.1 Å². The topological polar surface area (TPSA) is 75.4 Å². The first-order valence-corrected chi connectivity index (χ1v) is 6.08. The first kappa shape index (κ1) is 12.4. The lowest BCUT2D eigenvalue weighted by molar-refractivity contribution is -0.129. The number of carbonyl (C=O) groups is 2. The van der Waals surface area contributed by atoms with Crippen molar-refractivity contribution in [3.05, 3.63) is 29.8 Å². The number of rotatable bonds is 3. The number of nitrogens with one attached hydrogen (secondary N) is 1. The zero-order valence-electron chi connectivity index (χ0n) is 10.2. The van der Waals surface area contributed by atoms with Crippen molar-refractivity contribution in [2.75, 3.05) is 25.4 Å². The van der Waals surface area contributed by atoms with Crippen molar-refractivity contribution in [2.24, 2.45) is 0 Å². The summed E-state index contributed by atoms with van der Waals surface area (Å²) in [7, 11) is 0. The van der Waals surface area contributed by atoms with Gasteiger partial charge in [0.25, 0.3) is 5.91 Å². The Hall–Kier alpha value is -2.04. The maximum Gasteiger partial charge on any atom is 0.251 e. The van der Waals surface area contributed by atoms with Crippen molar-refractivity contribution in [3.63, 3.8) is 0 Å². The van der Waals surface area contributed by atoms with E-state index < -0.39 is 0 Å². The largest absolute Gasteiger partial charge is 0.399 e. The minimum absolute atomic E-state index is 0.0234. The number of benzene rings is 1. The van der Waals surface area contributed by atoms with Crippen LogP contribution in [0.15, 0.2) is 24.3 Å². The molecule has 1 saturated heterocycles. The predicted molar refractivity (Wildman–Crippen MR) is 69.0 cm³/mol. The maximum atomic E-state index is 11.8. The Morgan fingerprint density at radius 3 is 2.67 bits per heavy atom. The van der Waals surface area contributed by atoms with E-state index in [-0.39, 0.29) is 18.4 Å². The summed E-state index contributed by atoms with van der Waals surface area (Å²) in [6.45, 7) is 1.65. The molecule has 18 heavy (non-hydrogen) atoms. The van der Waals surface area contributed by atoms with Crippen LogP contribution in [0.25, 0.3) is 0 Å². The zero-order chi connectivity index (χ0) is 13.0. The predicted octanol–water partition coefficient (Wildman–Crippen LogP) is 0.621. The van der Waals surface area contributed by atoms with Gasteiger partial charge < -0.3 is 16.0 Å². The molecule has 2 amide bonds. The van der Waals surface area contributed by atoms with Crippen LogP contribution in [0.3, 0.4) is 0 Å². The standard InChI is InChI=1S/C13H17N3O2/c14-11-5-3-4-10(8-11)13(18)15-9-12(17)16-6-1-2-7-16/h3-5,8H,1-2,6-7,9,14H2,(H,15,18). The van der Waals surface area contributed by atoms with Crippen LogP contribution in [0.5, 0.6) is 0 Å². The van der Waals surface area contributed by atoms with Crippen molar-refractivity contribution in [1.82, 2.24) is 10.2 Å². The normalized spacial score (nSPS) is 14.6. The Bertz CT molecular complexity index is 453. The summed E-state index contributed by atoms with van der Waals surface area (Å²) in [6.07, 6.45) is 2.10. The third-order valence-corrected chi connectivity index (χ3v) is 3.01. The molecule has 0 aromatic heterocycles. The molecule has 5 heteroatoms. The number of hydrogen-bond acceptors (Lipinski definition) is 3. The van der Waals surface area contributed by atoms with Crippen LogP contribution in [-0.2, 0) is 4.79 Å². The second kappa shape index (κ2) is 5.53. The van der Waals surface area contributed by atoms with E-state index in [9.17, 15) is 9.59 Å². The van der Waals surface area contributed by atoms with Gasteiger partial charge in [-0.2, -0.15) is 0 Å². The smallest absolute Gasteiger partial charge is 0.251 e. The zero-order valence-corrected chi connectivity index (χ0v) is 10.2. The van der Waals surface area contributed by atoms with Crippen LogP contribution in [0.1, 0.15) is 23.2 Å². The monoisotopic (exact) mass is 247 g/mol. The highest BCUT2D eigenvalue weighted by Gasteiger charge is 2.18. The summed E-state index contributed by atoms with van der Waals surface area (Å²) < 4.78 is 0. The molecular formula is C13H17N3O2. The van der Waals surface area contributed by atoms with Gasteiger partial charge in [0.2, 0.25) is 5.91 Å². The van der Waals surface area contributed by atoms with E-state index in [4.69, 9.17) is 5.73 Å². The van der Waals surface area contributed by atoms with Gasteiger partial charge in [0.1, 0.15) is 0 Å². The van der Waals surface area contributed by atoms with Crippen LogP contribution >= 0.6 is 0 Å². The van der Waals surface area contributed by atoms with E-state index in [0.717, 1.165) is 25.9 Å². The summed E-state index contributed by atoms with van der Waals surface area (Å²) in [5.74, 6) is -0.292. The highest BCUT2D eigenvalue weighted by molar-refractivity contribution is 5.97. The molecule has 1 heterocycles. The molecule has 5 nitrogen and oxygen atoms in total. The van der Waals surface area contributed by atoms with Gasteiger partial charge >= 0.3 is 0 Å². The molecule has 0 atom stereocenters. The van der Waals surface area contributed by atoms with Crippen LogP contribution in [0, 0.1) is 0 Å². The Labute approximate surface area is 106 Å². The third-order valence-electron chi connectivity index (χ3n) is 3.01. The van der Waals surface area contributed by atoms with Crippen LogP contribution in [0.4, 0.5) is 5.69 Å². The molecule has 1 fully saturated rings. The van der Waals surface area contributed by atoms with E-state index >= 15 is 0 Å². The average Bonchev–Trinajstić information content (AvgIpc) is 2.89. The van der Waals surface area contributed by atoms with Gasteiger partial charge in [-0.15, -0.1) is 0 Å². The molecule has 0 spiro atoms. The molecule has 1 aliphatic heterocycles. The summed E-state index contributed by atoms with van der Waals surface area (Å²) in [4.78, 5) is 25.3. The van der Waals surface area contributed by atoms with Crippen molar-refractivity contribution in [1.29, 1.82) is 0 Å².